The van der Waals surface area contributed by atoms with Gasteiger partial charge in [0.2, 0.25) is 0 Å². The highest BCUT2D eigenvalue weighted by atomic mass is 19.4. The first-order chi connectivity index (χ1) is 12.0. The maximum atomic E-state index is 13.5. The van der Waals surface area contributed by atoms with E-state index >= 15 is 0 Å². The van der Waals surface area contributed by atoms with Crippen LogP contribution >= 0.6 is 0 Å². The predicted octanol–water partition coefficient (Wildman–Crippen LogP) is 1.18. The van der Waals surface area contributed by atoms with E-state index in [4.69, 9.17) is 4.74 Å². The normalized spacial score (nSPS) is 25.8. The number of hydrogen-bond donors (Lipinski definition) is 4. The lowest BCUT2D eigenvalue weighted by atomic mass is 9.82. The third kappa shape index (κ3) is 3.34. The molecule has 3 atom stereocenters. The number of esters is 1. The molecule has 2 amide bonds. The molecule has 0 radical (unpaired) electrons. The number of amides is 2. The van der Waals surface area contributed by atoms with Gasteiger partial charge in [-0.05, 0) is 24.6 Å². The summed E-state index contributed by atoms with van der Waals surface area (Å²) in [6, 6.07) is 0.537. The molecule has 2 rings (SSSR count). The molecule has 0 saturated carbocycles. The average molecular weight is 378 g/mol. The Bertz CT molecular complexity index is 711. The van der Waals surface area contributed by atoms with Gasteiger partial charge in [-0.15, -0.1) is 0 Å². The molecular weight excluding hydrogens is 361 g/mol. The molecule has 1 aliphatic rings. The number of urea groups is 1. The van der Waals surface area contributed by atoms with Crippen LogP contribution in [0.5, 0.6) is 11.5 Å². The highest BCUT2D eigenvalue weighted by molar-refractivity contribution is 5.83. The minimum absolute atomic E-state index is 0.00442. The Balaban J connectivity index is 2.60. The Morgan fingerprint density at radius 3 is 2.58 bits per heavy atom. The van der Waals surface area contributed by atoms with Crippen molar-refractivity contribution < 1.29 is 42.4 Å². The smallest absolute Gasteiger partial charge is 0.437 e. The number of nitrogens with one attached hydrogen (secondary N) is 2. The molecule has 0 bridgehead atoms. The fraction of sp³-hybridized carbons (Fsp3) is 0.467. The second kappa shape index (κ2) is 6.90. The molecular formula is C15H17F3N2O6. The number of phenolic OH excluding ortho intramolecular Hbond substituents is 1. The minimum atomic E-state index is -5.36. The van der Waals surface area contributed by atoms with Gasteiger partial charge >= 0.3 is 18.2 Å². The highest BCUT2D eigenvalue weighted by Gasteiger charge is 2.67. The highest BCUT2D eigenvalue weighted by Crippen LogP contribution is 2.44. The number of aliphatic hydroxyl groups is 1. The van der Waals surface area contributed by atoms with Crippen LogP contribution in [0, 0.1) is 5.92 Å². The number of ether oxygens (including phenoxy) is 2. The van der Waals surface area contributed by atoms with E-state index in [1.165, 1.54) is 25.4 Å². The zero-order valence-corrected chi connectivity index (χ0v) is 13.8. The van der Waals surface area contributed by atoms with E-state index in [2.05, 4.69) is 10.1 Å². The lowest BCUT2D eigenvalue weighted by Gasteiger charge is -2.44. The van der Waals surface area contributed by atoms with Crippen molar-refractivity contribution in [2.75, 3.05) is 13.7 Å². The van der Waals surface area contributed by atoms with Crippen LogP contribution in [0.1, 0.15) is 18.5 Å². The Hall–Kier alpha value is -2.69. The molecule has 1 heterocycles. The monoisotopic (exact) mass is 378 g/mol. The van der Waals surface area contributed by atoms with Crippen LogP contribution in [0.25, 0.3) is 0 Å². The first kappa shape index (κ1) is 19.6. The topological polar surface area (TPSA) is 117 Å². The number of methoxy groups -OCH3 is 1. The van der Waals surface area contributed by atoms with Crippen molar-refractivity contribution in [3.8, 4) is 11.5 Å². The van der Waals surface area contributed by atoms with Crippen LogP contribution in [0.3, 0.4) is 0 Å². The SMILES string of the molecule is CCOC(=O)[C@H]1[C@H](c2ccc(O)c(OC)c2)NC(=O)N[C@]1(O)C(F)(F)F. The molecule has 11 heteroatoms. The lowest BCUT2D eigenvalue weighted by molar-refractivity contribution is -0.294. The van der Waals surface area contributed by atoms with Crippen LogP contribution < -0.4 is 15.4 Å². The summed E-state index contributed by atoms with van der Waals surface area (Å²) < 4.78 is 50.0. The number of halogens is 3. The summed E-state index contributed by atoms with van der Waals surface area (Å²) in [5, 5.41) is 23.3. The molecule has 0 aromatic heterocycles. The van der Waals surface area contributed by atoms with E-state index in [0.717, 1.165) is 12.1 Å². The summed E-state index contributed by atoms with van der Waals surface area (Å²) in [4.78, 5) is 24.0. The fourth-order valence-corrected chi connectivity index (χ4v) is 2.70. The number of alkyl halides is 3. The van der Waals surface area contributed by atoms with Crippen molar-refractivity contribution in [2.45, 2.75) is 24.9 Å². The van der Waals surface area contributed by atoms with Crippen LogP contribution in [-0.2, 0) is 9.53 Å². The Kier molecular flexibility index (Phi) is 5.21. The maximum Gasteiger partial charge on any atom is 0.437 e. The van der Waals surface area contributed by atoms with Crippen LogP contribution in [0.4, 0.5) is 18.0 Å². The third-order valence-electron chi connectivity index (χ3n) is 3.91. The molecule has 1 aromatic rings. The standard InChI is InChI=1S/C15H17F3N2O6/c1-3-26-12(22)10-11(7-4-5-8(21)9(6-7)25-2)19-13(23)20-14(10,24)15(16,17)18/h4-6,10-11,21,24H,3H2,1-2H3,(H2,19,20,23)/t10-,11+,14-/m1/s1. The van der Waals surface area contributed by atoms with E-state index in [9.17, 15) is 33.0 Å². The maximum absolute atomic E-state index is 13.5. The van der Waals surface area contributed by atoms with Gasteiger partial charge in [0.25, 0.3) is 5.72 Å². The summed E-state index contributed by atoms with van der Waals surface area (Å²) >= 11 is 0. The minimum Gasteiger partial charge on any atom is -0.504 e. The second-order valence-corrected chi connectivity index (χ2v) is 5.50. The summed E-state index contributed by atoms with van der Waals surface area (Å²) in [6.07, 6.45) is -5.36. The molecule has 144 valence electrons. The number of benzene rings is 1. The molecule has 0 aliphatic carbocycles. The van der Waals surface area contributed by atoms with Gasteiger partial charge in [-0.3, -0.25) is 4.79 Å². The van der Waals surface area contributed by atoms with Crippen LogP contribution in [-0.4, -0.2) is 47.8 Å². The van der Waals surface area contributed by atoms with Crippen LogP contribution in [0.15, 0.2) is 18.2 Å². The summed E-state index contributed by atoms with van der Waals surface area (Å²) in [6.45, 7) is 1.15. The van der Waals surface area contributed by atoms with E-state index in [0.29, 0.717) is 0 Å². The average Bonchev–Trinajstić information content (AvgIpc) is 2.53. The summed E-state index contributed by atoms with van der Waals surface area (Å²) in [5.41, 5.74) is -3.85. The van der Waals surface area contributed by atoms with Crippen molar-refractivity contribution in [3.63, 3.8) is 0 Å². The van der Waals surface area contributed by atoms with Gasteiger partial charge < -0.3 is 30.3 Å². The van der Waals surface area contributed by atoms with E-state index in [-0.39, 0.29) is 23.7 Å². The first-order valence-corrected chi connectivity index (χ1v) is 7.46. The predicted molar refractivity (Wildman–Crippen MR) is 80.2 cm³/mol. The molecule has 1 aromatic carbocycles. The summed E-state index contributed by atoms with van der Waals surface area (Å²) in [5.74, 6) is -3.99. The zero-order valence-electron chi connectivity index (χ0n) is 13.8. The molecule has 0 spiro atoms. The largest absolute Gasteiger partial charge is 0.504 e. The molecule has 8 nitrogen and oxygen atoms in total. The molecule has 1 fully saturated rings. The lowest BCUT2D eigenvalue weighted by Crippen LogP contribution is -2.73. The molecule has 0 unspecified atom stereocenters. The molecule has 4 N–H and O–H groups in total. The van der Waals surface area contributed by atoms with Gasteiger partial charge in [0.1, 0.15) is 5.92 Å². The van der Waals surface area contributed by atoms with Crippen molar-refractivity contribution in [2.24, 2.45) is 5.92 Å². The van der Waals surface area contributed by atoms with Crippen molar-refractivity contribution in [1.82, 2.24) is 10.6 Å². The van der Waals surface area contributed by atoms with Gasteiger partial charge in [-0.25, -0.2) is 4.79 Å². The van der Waals surface area contributed by atoms with E-state index < -0.39 is 35.9 Å². The van der Waals surface area contributed by atoms with Gasteiger partial charge in [-0.2, -0.15) is 13.2 Å². The Morgan fingerprint density at radius 1 is 1.38 bits per heavy atom. The molecule has 26 heavy (non-hydrogen) atoms. The number of carbonyl (C=O) groups excluding carboxylic acids is 2. The quantitative estimate of drug-likeness (QED) is 0.585. The number of phenols is 1. The van der Waals surface area contributed by atoms with Gasteiger partial charge in [-0.1, -0.05) is 6.07 Å². The number of carbonyl (C=O) groups is 2. The first-order valence-electron chi connectivity index (χ1n) is 7.46. The Labute approximate surface area is 145 Å². The summed E-state index contributed by atoms with van der Waals surface area (Å²) in [7, 11) is 1.22. The molecule has 1 saturated heterocycles. The number of aromatic hydroxyl groups is 1. The van der Waals surface area contributed by atoms with Crippen molar-refractivity contribution in [1.29, 1.82) is 0 Å². The van der Waals surface area contributed by atoms with E-state index in [1.807, 2.05) is 0 Å². The Morgan fingerprint density at radius 2 is 2.04 bits per heavy atom. The van der Waals surface area contributed by atoms with Gasteiger partial charge in [0.15, 0.2) is 11.5 Å². The zero-order chi connectivity index (χ0) is 19.7. The van der Waals surface area contributed by atoms with E-state index in [1.54, 1.807) is 0 Å². The van der Waals surface area contributed by atoms with Gasteiger partial charge in [0.05, 0.1) is 19.8 Å². The van der Waals surface area contributed by atoms with Gasteiger partial charge in [0, 0.05) is 0 Å². The van der Waals surface area contributed by atoms with Crippen LogP contribution in [0.2, 0.25) is 0 Å². The van der Waals surface area contributed by atoms with Crippen molar-refractivity contribution >= 4 is 12.0 Å². The third-order valence-corrected chi connectivity index (χ3v) is 3.91. The molecule has 1 aliphatic heterocycles. The number of hydrogen-bond acceptors (Lipinski definition) is 6. The van der Waals surface area contributed by atoms with Crippen molar-refractivity contribution in [3.05, 3.63) is 23.8 Å². The number of rotatable bonds is 4. The second-order valence-electron chi connectivity index (χ2n) is 5.50. The fourth-order valence-electron chi connectivity index (χ4n) is 2.70.